The molecule has 0 aliphatic heterocycles. The highest BCUT2D eigenvalue weighted by Crippen LogP contribution is 2.48. The van der Waals surface area contributed by atoms with Gasteiger partial charge in [-0.3, -0.25) is 18.7 Å². The summed E-state index contributed by atoms with van der Waals surface area (Å²) in [7, 11) is 2.60. The number of carbonyl (C=O) groups is 6. The van der Waals surface area contributed by atoms with E-state index in [4.69, 9.17) is 29.8 Å². The lowest BCUT2D eigenvalue weighted by Gasteiger charge is -2.18. The second kappa shape index (κ2) is 35.6. The van der Waals surface area contributed by atoms with E-state index in [0.717, 1.165) is 74.8 Å². The van der Waals surface area contributed by atoms with Crippen molar-refractivity contribution in [3.05, 3.63) is 213 Å². The van der Waals surface area contributed by atoms with Gasteiger partial charge in [0.25, 0.3) is 0 Å². The molecule has 20 nitrogen and oxygen atoms in total. The summed E-state index contributed by atoms with van der Waals surface area (Å²) in [5.74, 6) is 0.510. The number of aliphatic hydroxyl groups is 1. The van der Waals surface area contributed by atoms with Crippen LogP contribution >= 0.6 is 55.4 Å². The topological polar surface area (TPSA) is 271 Å². The summed E-state index contributed by atoms with van der Waals surface area (Å²) in [5.41, 5.74) is 19.4. The van der Waals surface area contributed by atoms with Gasteiger partial charge in [-0.2, -0.15) is 0 Å². The molecule has 538 valence electrons. The van der Waals surface area contributed by atoms with Gasteiger partial charge in [-0.05, 0) is 187 Å². The maximum absolute atomic E-state index is 12.9. The van der Waals surface area contributed by atoms with E-state index in [1.54, 1.807) is 0 Å². The highest BCUT2D eigenvalue weighted by Gasteiger charge is 2.34. The van der Waals surface area contributed by atoms with Crippen LogP contribution in [-0.4, -0.2) is 135 Å². The van der Waals surface area contributed by atoms with Crippen LogP contribution in [0, 0.1) is 0 Å². The number of amides is 2. The SMILES string of the molecule is COC(=O)C(CCCCCC(=O)CSc1nnc(Br)n1-c1ccc(C2CC2)c2ccccc12)NC(=O)OCC1c2ccccc2-c2ccccc21.COC(=O)C(CCCCN)NC(=O)OCC1c2ccccc2-c2ccccc21.O=C(CO)CSc1nnc(Br)n1-c1ccc(C2CC2)c2ccccc12. The Morgan fingerprint density at radius 3 is 1.24 bits per heavy atom. The van der Waals surface area contributed by atoms with Crippen molar-refractivity contribution >= 4 is 113 Å². The number of Topliss-reactive ketones (excluding diaryl/α,β-unsaturated/α-hetero) is 2. The number of fused-ring (bicyclic) bond motifs is 8. The first-order valence-electron chi connectivity index (χ1n) is 35.0. The molecule has 2 unspecified atom stereocenters. The van der Waals surface area contributed by atoms with Gasteiger partial charge in [0.05, 0.1) is 37.1 Å². The predicted molar refractivity (Wildman–Crippen MR) is 410 cm³/mol. The van der Waals surface area contributed by atoms with Gasteiger partial charge in [-0.15, -0.1) is 20.4 Å². The quantitative estimate of drug-likeness (QED) is 0.0147. The molecule has 0 radical (unpaired) electrons. The summed E-state index contributed by atoms with van der Waals surface area (Å²) in [5, 5.41) is 37.2. The zero-order valence-electron chi connectivity index (χ0n) is 57.7. The number of hydrogen-bond donors (Lipinski definition) is 4. The molecule has 10 aromatic rings. The van der Waals surface area contributed by atoms with Crippen LogP contribution in [0.5, 0.6) is 0 Å². The number of nitrogens with one attached hydrogen (secondary N) is 2. The lowest BCUT2D eigenvalue weighted by atomic mass is 9.98. The van der Waals surface area contributed by atoms with Gasteiger partial charge < -0.3 is 40.4 Å². The summed E-state index contributed by atoms with van der Waals surface area (Å²) in [4.78, 5) is 73.9. The Morgan fingerprint density at radius 2 is 0.856 bits per heavy atom. The highest BCUT2D eigenvalue weighted by molar-refractivity contribution is 9.10. The Labute approximate surface area is 628 Å². The fourth-order valence-corrected chi connectivity index (χ4v) is 16.4. The van der Waals surface area contributed by atoms with E-state index in [0.29, 0.717) is 70.3 Å². The van der Waals surface area contributed by atoms with Gasteiger partial charge in [-0.1, -0.05) is 194 Å². The van der Waals surface area contributed by atoms with Crippen molar-refractivity contribution in [1.29, 1.82) is 0 Å². The van der Waals surface area contributed by atoms with Crippen LogP contribution < -0.4 is 16.4 Å². The van der Waals surface area contributed by atoms with Crippen molar-refractivity contribution in [1.82, 2.24) is 40.2 Å². The number of esters is 2. The number of nitrogens with zero attached hydrogens (tertiary/aromatic N) is 6. The zero-order valence-corrected chi connectivity index (χ0v) is 62.5. The summed E-state index contributed by atoms with van der Waals surface area (Å²) in [6, 6.07) is 56.4. The number of rotatable bonds is 29. The Balaban J connectivity index is 0.000000161. The number of benzene rings is 8. The first-order valence-corrected chi connectivity index (χ1v) is 38.6. The molecule has 0 spiro atoms. The molecule has 2 saturated carbocycles. The van der Waals surface area contributed by atoms with Gasteiger partial charge in [0, 0.05) is 29.0 Å². The predicted octanol–water partition coefficient (Wildman–Crippen LogP) is 15.7. The molecule has 0 saturated heterocycles. The number of nitrogens with two attached hydrogens (primary N) is 1. The third-order valence-electron chi connectivity index (χ3n) is 19.1. The molecular formula is C80H81Br2N9O11S2. The van der Waals surface area contributed by atoms with Crippen LogP contribution in [0.4, 0.5) is 9.59 Å². The molecule has 2 fully saturated rings. The second-order valence-corrected chi connectivity index (χ2v) is 29.3. The van der Waals surface area contributed by atoms with Crippen LogP contribution in [-0.2, 0) is 38.1 Å². The molecule has 4 aliphatic carbocycles. The Morgan fingerprint density at radius 1 is 0.481 bits per heavy atom. The monoisotopic (exact) mass is 1570 g/mol. The van der Waals surface area contributed by atoms with Crippen LogP contribution in [0.15, 0.2) is 190 Å². The van der Waals surface area contributed by atoms with Crippen LogP contribution in [0.2, 0.25) is 0 Å². The minimum Gasteiger partial charge on any atom is -0.467 e. The number of thioether (sulfide) groups is 2. The fourth-order valence-electron chi connectivity index (χ4n) is 13.7. The van der Waals surface area contributed by atoms with E-state index in [9.17, 15) is 28.8 Å². The van der Waals surface area contributed by atoms with Crippen molar-refractivity contribution in [2.24, 2.45) is 5.73 Å². The number of hydrogen-bond acceptors (Lipinski definition) is 18. The van der Waals surface area contributed by atoms with Crippen molar-refractivity contribution in [2.45, 2.75) is 123 Å². The number of aromatic nitrogens is 6. The Hall–Kier alpha value is -9.04. The van der Waals surface area contributed by atoms with E-state index in [-0.39, 0.29) is 48.1 Å². The number of methoxy groups -OCH3 is 2. The molecule has 0 bridgehead atoms. The van der Waals surface area contributed by atoms with E-state index in [1.807, 2.05) is 69.8 Å². The molecule has 14 rings (SSSR count). The molecule has 24 heteroatoms. The molecule has 8 aromatic carbocycles. The maximum atomic E-state index is 12.9. The highest BCUT2D eigenvalue weighted by atomic mass is 79.9. The summed E-state index contributed by atoms with van der Waals surface area (Å²) >= 11 is 9.69. The normalized spacial score (nSPS) is 13.9. The first-order chi connectivity index (χ1) is 50.8. The van der Waals surface area contributed by atoms with Gasteiger partial charge in [-0.25, -0.2) is 19.2 Å². The maximum Gasteiger partial charge on any atom is 0.407 e. The van der Waals surface area contributed by atoms with Gasteiger partial charge >= 0.3 is 24.1 Å². The van der Waals surface area contributed by atoms with Crippen molar-refractivity contribution in [3.63, 3.8) is 0 Å². The third kappa shape index (κ3) is 17.8. The van der Waals surface area contributed by atoms with Crippen molar-refractivity contribution in [2.75, 3.05) is 52.1 Å². The Bertz CT molecular complexity index is 4660. The average Bonchev–Trinajstić information content (AvgIpc) is 1.48. The van der Waals surface area contributed by atoms with Crippen molar-refractivity contribution < 1.29 is 52.8 Å². The minimum atomic E-state index is -0.837. The van der Waals surface area contributed by atoms with Crippen LogP contribution in [0.3, 0.4) is 0 Å². The summed E-state index contributed by atoms with van der Waals surface area (Å²) < 4.78 is 25.9. The standard InChI is InChI=1S/C40H39BrN4O5S.C22H26N2O4.C18H16BrN3O2S/c1-49-37(47)35(42-40(48)50-23-34-31-15-7-5-13-29(31)30-14-6-8-16-32(30)34)18-4-2-3-11-26(46)24-51-39-44-43-38(41)45(39)36-22-21-27(25-19-20-25)28-12-9-10-17-33(28)36;1-27-21(25)20(12-6-7-13-23)24-22(26)28-14-19-17-10-4-2-8-15(17)16-9-3-5-11-18(16)19;19-17-20-21-18(25-10-12(24)9-23)22(17)16-8-7-13(11-5-6-11)14-3-1-2-4-15(14)16/h5-10,12-17,21-22,25,34-35H,2-4,11,18-20,23-24H2,1H3,(H,42,48);2-5,8-11,19-20H,6-7,12-14,23H2,1H3,(H,24,26);1-4,7-8,11,23H,5-6,9-10H2. The third-order valence-corrected chi connectivity index (χ3v) is 22.1. The number of ketones is 2. The largest absolute Gasteiger partial charge is 0.467 e. The number of aliphatic hydroxyl groups excluding tert-OH is 1. The molecule has 2 aromatic heterocycles. The molecule has 4 aliphatic rings. The Kier molecular flexibility index (Phi) is 25.6. The molecule has 2 atom stereocenters. The van der Waals surface area contributed by atoms with Gasteiger partial charge in [0.15, 0.2) is 16.1 Å². The molecule has 2 amide bonds. The summed E-state index contributed by atoms with van der Waals surface area (Å²) in [6.45, 7) is 0.446. The molecule has 104 heavy (non-hydrogen) atoms. The molecule has 5 N–H and O–H groups in total. The molecule has 2 heterocycles. The number of ether oxygens (including phenoxy) is 4. The van der Waals surface area contributed by atoms with E-state index >= 15 is 0 Å². The van der Waals surface area contributed by atoms with Crippen LogP contribution in [0.1, 0.15) is 134 Å². The van der Waals surface area contributed by atoms with E-state index < -0.39 is 42.8 Å². The second-order valence-electron chi connectivity index (χ2n) is 25.9. The fraction of sp³-hybridized carbons (Fsp3) is 0.325. The molecular weight excluding hydrogens is 1490 g/mol. The lowest BCUT2D eigenvalue weighted by Crippen LogP contribution is -2.42. The van der Waals surface area contributed by atoms with Gasteiger partial charge in [0.2, 0.25) is 9.47 Å². The minimum absolute atomic E-state index is 0.0213. The lowest BCUT2D eigenvalue weighted by molar-refractivity contribution is -0.144. The number of alkyl carbamates (subject to hydrolysis) is 2. The number of unbranched alkanes of at least 4 members (excludes halogenated alkanes) is 3. The van der Waals surface area contributed by atoms with E-state index in [1.165, 1.54) is 96.5 Å². The van der Waals surface area contributed by atoms with Crippen molar-refractivity contribution in [3.8, 4) is 33.6 Å². The zero-order chi connectivity index (χ0) is 72.6. The number of carbonyl (C=O) groups excluding carboxylic acids is 6. The number of halogens is 2. The van der Waals surface area contributed by atoms with Gasteiger partial charge in [0.1, 0.15) is 37.7 Å². The summed E-state index contributed by atoms with van der Waals surface area (Å²) in [6.07, 6.45) is 8.46. The van der Waals surface area contributed by atoms with E-state index in [2.05, 4.69) is 172 Å². The van der Waals surface area contributed by atoms with Crippen LogP contribution in [0.25, 0.3) is 55.2 Å². The smallest absolute Gasteiger partial charge is 0.407 e. The first kappa shape index (κ1) is 74.7. The average molecular weight is 1570 g/mol.